The van der Waals surface area contributed by atoms with Crippen LogP contribution in [-0.2, 0) is 0 Å². The van der Waals surface area contributed by atoms with E-state index in [1.807, 2.05) is 18.2 Å². The first-order valence-corrected chi connectivity index (χ1v) is 5.25. The summed E-state index contributed by atoms with van der Waals surface area (Å²) in [5, 5.41) is 0. The van der Waals surface area contributed by atoms with E-state index in [1.54, 1.807) is 12.4 Å². The van der Waals surface area contributed by atoms with Gasteiger partial charge in [0, 0.05) is 12.4 Å². The predicted octanol–water partition coefficient (Wildman–Crippen LogP) is 3.24. The molecule has 0 saturated carbocycles. The molecule has 54 valence electrons. The number of nitrogens with zero attached hydrogens (tertiary/aromatic N) is 1. The zero-order valence-corrected chi connectivity index (χ0v) is 9.80. The van der Waals surface area contributed by atoms with Crippen molar-refractivity contribution < 1.29 is 0 Å². The normalized spacial score (nSPS) is 7.50. The van der Waals surface area contributed by atoms with Crippen molar-refractivity contribution in [2.75, 3.05) is 0 Å². The van der Waals surface area contributed by atoms with Gasteiger partial charge in [0.1, 0.15) is 0 Å². The van der Waals surface area contributed by atoms with Gasteiger partial charge < -0.3 is 0 Å². The highest BCUT2D eigenvalue weighted by molar-refractivity contribution is 9.69. The second-order valence-corrected chi connectivity index (χ2v) is 7.71. The van der Waals surface area contributed by atoms with Gasteiger partial charge in [0.2, 0.25) is 0 Å². The zero-order chi connectivity index (χ0) is 7.82. The van der Waals surface area contributed by atoms with E-state index in [1.165, 1.54) is 0 Å². The van der Waals surface area contributed by atoms with Crippen molar-refractivity contribution in [3.63, 3.8) is 0 Å². The van der Waals surface area contributed by atoms with E-state index in [-0.39, 0.29) is 3.18 Å². The van der Waals surface area contributed by atoms with Crippen LogP contribution in [0.5, 0.6) is 0 Å². The number of halogens is 3. The molecule has 0 aliphatic carbocycles. The van der Waals surface area contributed by atoms with Gasteiger partial charge in [0.15, 0.2) is 0 Å². The fraction of sp³-hybridized carbons (Fsp3) is 0. The fourth-order valence-corrected chi connectivity index (χ4v) is 0.313. The second kappa shape index (κ2) is 7.76. The molecule has 0 N–H and O–H groups in total. The van der Waals surface area contributed by atoms with Crippen LogP contribution in [0.1, 0.15) is 0 Å². The average Bonchev–Trinajstić information content (AvgIpc) is 1.90. The van der Waals surface area contributed by atoms with Crippen molar-refractivity contribution in [1.29, 1.82) is 0 Å². The van der Waals surface area contributed by atoms with Crippen LogP contribution in [0.4, 0.5) is 0 Å². The van der Waals surface area contributed by atoms with Gasteiger partial charge in [-0.2, -0.15) is 0 Å². The maximum Gasteiger partial charge on any atom is 0.369 e. The number of pyridine rings is 1. The van der Waals surface area contributed by atoms with Crippen molar-refractivity contribution in [2.24, 2.45) is 0 Å². The van der Waals surface area contributed by atoms with Crippen LogP contribution < -0.4 is 0 Å². The molecule has 1 rings (SSSR count). The van der Waals surface area contributed by atoms with E-state index in [0.29, 0.717) is 0 Å². The Labute approximate surface area is 85.6 Å². The van der Waals surface area contributed by atoms with E-state index < -0.39 is 0 Å². The van der Waals surface area contributed by atoms with Crippen LogP contribution in [0.25, 0.3) is 0 Å². The van der Waals surface area contributed by atoms with Gasteiger partial charge in [-0.3, -0.25) is 4.98 Å². The van der Waals surface area contributed by atoms with E-state index in [2.05, 4.69) is 52.3 Å². The molecule has 1 aromatic rings. The molecule has 0 atom stereocenters. The summed E-state index contributed by atoms with van der Waals surface area (Å²) in [6, 6.07) is 5.72. The van der Waals surface area contributed by atoms with Gasteiger partial charge in [-0.25, -0.2) is 0 Å². The third-order valence-electron chi connectivity index (χ3n) is 0.566. The average molecular weight is 330 g/mol. The molecule has 0 aliphatic rings. The molecule has 1 heterocycles. The predicted molar refractivity (Wildman–Crippen MR) is 56.8 cm³/mol. The Morgan fingerprint density at radius 2 is 1.30 bits per heavy atom. The number of hydrogen-bond acceptors (Lipinski definition) is 1. The minimum absolute atomic E-state index is 0.271. The van der Waals surface area contributed by atoms with Crippen molar-refractivity contribution in [2.45, 2.75) is 0 Å². The van der Waals surface area contributed by atoms with Gasteiger partial charge in [-0.1, -0.05) is 6.07 Å². The van der Waals surface area contributed by atoms with E-state index in [4.69, 9.17) is 0 Å². The number of aromatic nitrogens is 1. The molecule has 0 amide bonds. The van der Waals surface area contributed by atoms with E-state index in [9.17, 15) is 0 Å². The third-order valence-corrected chi connectivity index (χ3v) is 0.566. The molecular weight excluding hydrogens is 325 g/mol. The minimum Gasteiger partial charge on any atom is -0.265 e. The molecule has 1 aromatic heterocycles. The van der Waals surface area contributed by atoms with Gasteiger partial charge in [-0.05, 0) is 12.1 Å². The summed E-state index contributed by atoms with van der Waals surface area (Å²) in [7, 11) is 0. The molecule has 5 heteroatoms. The molecule has 0 bridgehead atoms. The lowest BCUT2D eigenvalue weighted by Gasteiger charge is -1.70. The lowest BCUT2D eigenvalue weighted by atomic mass is 10.5. The summed E-state index contributed by atoms with van der Waals surface area (Å²) in [4.78, 5) is 3.78. The summed E-state index contributed by atoms with van der Waals surface area (Å²) in [6.45, 7) is 0. The Morgan fingerprint density at radius 3 is 1.40 bits per heavy atom. The molecular formula is C5H5BBr3N. The molecule has 0 fully saturated rings. The molecule has 10 heavy (non-hydrogen) atoms. The lowest BCUT2D eigenvalue weighted by Crippen LogP contribution is -1.60. The van der Waals surface area contributed by atoms with Gasteiger partial charge in [0.25, 0.3) is 0 Å². The largest absolute Gasteiger partial charge is 0.369 e. The topological polar surface area (TPSA) is 12.9 Å². The summed E-state index contributed by atoms with van der Waals surface area (Å²) in [6.07, 6.45) is 3.50. The third kappa shape index (κ3) is 11.5. The highest BCUT2D eigenvalue weighted by Gasteiger charge is 1.87. The Kier molecular flexibility index (Phi) is 8.27. The minimum atomic E-state index is 0.271. The summed E-state index contributed by atoms with van der Waals surface area (Å²) >= 11 is 9.31. The van der Waals surface area contributed by atoms with E-state index >= 15 is 0 Å². The van der Waals surface area contributed by atoms with Crippen LogP contribution in [0, 0.1) is 0 Å². The maximum atomic E-state index is 3.78. The second-order valence-electron chi connectivity index (χ2n) is 1.27. The van der Waals surface area contributed by atoms with Gasteiger partial charge in [-0.15, -0.1) is 47.3 Å². The molecule has 0 aliphatic heterocycles. The Bertz CT molecular complexity index is 117. The Hall–Kier alpha value is 0.655. The first-order valence-electron chi connectivity index (χ1n) is 2.50. The molecule has 0 aromatic carbocycles. The molecule has 0 unspecified atom stereocenters. The van der Waals surface area contributed by atoms with Crippen LogP contribution in [0.3, 0.4) is 0 Å². The zero-order valence-electron chi connectivity index (χ0n) is 5.05. The van der Waals surface area contributed by atoms with Crippen LogP contribution in [0.2, 0.25) is 0 Å². The lowest BCUT2D eigenvalue weighted by molar-refractivity contribution is 1.33. The summed E-state index contributed by atoms with van der Waals surface area (Å²) < 4.78 is 0.271. The molecule has 0 spiro atoms. The van der Waals surface area contributed by atoms with E-state index in [0.717, 1.165) is 0 Å². The van der Waals surface area contributed by atoms with Crippen LogP contribution >= 0.6 is 47.3 Å². The highest BCUT2D eigenvalue weighted by Crippen LogP contribution is 2.07. The van der Waals surface area contributed by atoms with Crippen molar-refractivity contribution in [3.05, 3.63) is 30.6 Å². The quantitative estimate of drug-likeness (QED) is 0.666. The summed E-state index contributed by atoms with van der Waals surface area (Å²) in [5.74, 6) is 0. The van der Waals surface area contributed by atoms with Gasteiger partial charge in [0.05, 0.1) is 0 Å². The molecule has 0 saturated heterocycles. The smallest absolute Gasteiger partial charge is 0.265 e. The molecule has 0 radical (unpaired) electrons. The fourth-order valence-electron chi connectivity index (χ4n) is 0.313. The number of rotatable bonds is 0. The van der Waals surface area contributed by atoms with Crippen LogP contribution in [-0.4, -0.2) is 8.17 Å². The highest BCUT2D eigenvalue weighted by atomic mass is 79.9. The summed E-state index contributed by atoms with van der Waals surface area (Å²) in [5.41, 5.74) is 0. The van der Waals surface area contributed by atoms with Crippen molar-refractivity contribution in [1.82, 2.24) is 4.98 Å². The van der Waals surface area contributed by atoms with Crippen molar-refractivity contribution >= 4 is 50.5 Å². The molecule has 1 nitrogen and oxygen atoms in total. The standard InChI is InChI=1S/C5H5N.BBr3/c1-2-4-6-5-3-1;2-1(3)4/h1-5H;. The van der Waals surface area contributed by atoms with Crippen LogP contribution in [0.15, 0.2) is 30.6 Å². The number of hydrogen-bond donors (Lipinski definition) is 0. The monoisotopic (exact) mass is 327 g/mol. The SMILES string of the molecule is BrB(Br)Br.c1ccncc1. The Balaban J connectivity index is 0.000000180. The van der Waals surface area contributed by atoms with Gasteiger partial charge >= 0.3 is 3.18 Å². The first kappa shape index (κ1) is 10.7. The first-order chi connectivity index (χ1) is 4.73. The maximum absolute atomic E-state index is 3.78. The van der Waals surface area contributed by atoms with Crippen molar-refractivity contribution in [3.8, 4) is 0 Å². The Morgan fingerprint density at radius 1 is 0.900 bits per heavy atom.